The maximum atomic E-state index is 9.98. The third-order valence-corrected chi connectivity index (χ3v) is 5.48. The van der Waals surface area contributed by atoms with E-state index in [1.165, 1.54) is 12.8 Å². The summed E-state index contributed by atoms with van der Waals surface area (Å²) >= 11 is 0. The molecule has 14 heavy (non-hydrogen) atoms. The van der Waals surface area contributed by atoms with Gasteiger partial charge in [-0.3, -0.25) is 0 Å². The van der Waals surface area contributed by atoms with Crippen LogP contribution < -0.4 is 0 Å². The molecule has 2 aliphatic carbocycles. The van der Waals surface area contributed by atoms with Crippen molar-refractivity contribution in [1.82, 2.24) is 0 Å². The number of aliphatic hydroxyl groups excluding tert-OH is 1. The van der Waals surface area contributed by atoms with Gasteiger partial charge in [0, 0.05) is 5.41 Å². The molecule has 1 N–H and O–H groups in total. The van der Waals surface area contributed by atoms with Crippen LogP contribution in [0.5, 0.6) is 0 Å². The molecule has 2 nitrogen and oxygen atoms in total. The lowest BCUT2D eigenvalue weighted by Gasteiger charge is -2.41. The average molecular weight is 196 g/mol. The van der Waals surface area contributed by atoms with Gasteiger partial charge < -0.3 is 9.84 Å². The highest BCUT2D eigenvalue weighted by atomic mass is 16.6. The minimum Gasteiger partial charge on any atom is -0.367 e. The predicted molar refractivity (Wildman–Crippen MR) is 53.6 cm³/mol. The Balaban J connectivity index is 1.92. The van der Waals surface area contributed by atoms with Crippen LogP contribution in [0.4, 0.5) is 0 Å². The van der Waals surface area contributed by atoms with E-state index in [0.29, 0.717) is 0 Å². The monoisotopic (exact) mass is 196 g/mol. The molecule has 0 radical (unpaired) electrons. The first-order valence-electron chi connectivity index (χ1n) is 5.95. The molecule has 0 aromatic rings. The Morgan fingerprint density at radius 1 is 1.29 bits per heavy atom. The average Bonchev–Trinajstić information content (AvgIpc) is 2.77. The normalized spacial score (nSPS) is 61.5. The van der Waals surface area contributed by atoms with Gasteiger partial charge in [0.2, 0.25) is 0 Å². The molecule has 2 saturated carbocycles. The molecule has 2 bridgehead atoms. The van der Waals surface area contributed by atoms with E-state index in [1.54, 1.807) is 0 Å². The first kappa shape index (κ1) is 9.17. The van der Waals surface area contributed by atoms with E-state index in [9.17, 15) is 5.11 Å². The van der Waals surface area contributed by atoms with Crippen molar-refractivity contribution in [2.24, 2.45) is 29.1 Å². The third kappa shape index (κ3) is 0.892. The number of hydrogen-bond acceptors (Lipinski definition) is 2. The summed E-state index contributed by atoms with van der Waals surface area (Å²) in [5, 5.41) is 9.98. The summed E-state index contributed by atoms with van der Waals surface area (Å²) < 4.78 is 5.38. The summed E-state index contributed by atoms with van der Waals surface area (Å²) in [4.78, 5) is 0. The topological polar surface area (TPSA) is 29.5 Å². The maximum absolute atomic E-state index is 9.98. The molecule has 80 valence electrons. The van der Waals surface area contributed by atoms with Crippen LogP contribution in [0.25, 0.3) is 0 Å². The van der Waals surface area contributed by atoms with Crippen LogP contribution in [0, 0.1) is 29.1 Å². The molecule has 0 amide bonds. The predicted octanol–water partition coefficient (Wildman–Crippen LogP) is 2.02. The Kier molecular flexibility index (Phi) is 1.79. The minimum atomic E-state index is -0.465. The lowest BCUT2D eigenvalue weighted by molar-refractivity contribution is -0.143. The van der Waals surface area contributed by atoms with E-state index in [1.807, 2.05) is 0 Å². The molecule has 1 saturated heterocycles. The summed E-state index contributed by atoms with van der Waals surface area (Å²) in [5.41, 5.74) is 0.149. The van der Waals surface area contributed by atoms with Crippen LogP contribution in [0.1, 0.15) is 33.1 Å². The number of rotatable bonds is 0. The van der Waals surface area contributed by atoms with E-state index < -0.39 is 6.29 Å². The summed E-state index contributed by atoms with van der Waals surface area (Å²) in [7, 11) is 0. The third-order valence-electron chi connectivity index (χ3n) is 5.48. The fraction of sp³-hybridized carbons (Fsp3) is 1.00. The van der Waals surface area contributed by atoms with Crippen molar-refractivity contribution in [3.05, 3.63) is 0 Å². The van der Waals surface area contributed by atoms with Crippen molar-refractivity contribution >= 4 is 0 Å². The molecule has 5 unspecified atom stereocenters. The molecule has 6 atom stereocenters. The highest BCUT2D eigenvalue weighted by Gasteiger charge is 2.61. The molecule has 2 heteroatoms. The van der Waals surface area contributed by atoms with Crippen molar-refractivity contribution < 1.29 is 9.84 Å². The van der Waals surface area contributed by atoms with E-state index in [4.69, 9.17) is 4.74 Å². The Bertz CT molecular complexity index is 251. The molecule has 1 aliphatic heterocycles. The Morgan fingerprint density at radius 2 is 2.07 bits per heavy atom. The SMILES string of the molecule is CC1C2CC(C1C)C1(CCO[C@H]1O)C2. The lowest BCUT2D eigenvalue weighted by atomic mass is 9.64. The van der Waals surface area contributed by atoms with E-state index >= 15 is 0 Å². The van der Waals surface area contributed by atoms with Gasteiger partial charge in [0.05, 0.1) is 6.61 Å². The van der Waals surface area contributed by atoms with Gasteiger partial charge in [-0.1, -0.05) is 13.8 Å². The highest BCUT2D eigenvalue weighted by Crippen LogP contribution is 2.65. The zero-order chi connectivity index (χ0) is 9.92. The summed E-state index contributed by atoms with van der Waals surface area (Å²) in [5.74, 6) is 3.22. The maximum Gasteiger partial charge on any atom is 0.160 e. The first-order chi connectivity index (χ1) is 6.65. The van der Waals surface area contributed by atoms with Gasteiger partial charge in [-0.25, -0.2) is 0 Å². The molecular weight excluding hydrogens is 176 g/mol. The standard InChI is InChI=1S/C12H20O2/c1-7-8(2)10-5-9(7)6-12(10)3-4-14-11(12)13/h7-11,13H,3-6H2,1-2H3/t7?,8?,9?,10?,11-,12?/m1/s1. The number of aliphatic hydroxyl groups is 1. The van der Waals surface area contributed by atoms with E-state index in [0.717, 1.165) is 36.7 Å². The molecule has 0 aromatic heterocycles. The second-order valence-corrected chi connectivity index (χ2v) is 5.73. The van der Waals surface area contributed by atoms with Crippen LogP contribution in [0.2, 0.25) is 0 Å². The smallest absolute Gasteiger partial charge is 0.160 e. The molecule has 0 aromatic carbocycles. The molecule has 1 heterocycles. The molecule has 1 spiro atoms. The van der Waals surface area contributed by atoms with Gasteiger partial charge in [0.1, 0.15) is 0 Å². The summed E-state index contributed by atoms with van der Waals surface area (Å²) in [6.07, 6.45) is 3.17. The van der Waals surface area contributed by atoms with Crippen molar-refractivity contribution in [2.75, 3.05) is 6.61 Å². The van der Waals surface area contributed by atoms with Gasteiger partial charge in [-0.15, -0.1) is 0 Å². The highest BCUT2D eigenvalue weighted by molar-refractivity contribution is 5.08. The Labute approximate surface area is 85.6 Å². The van der Waals surface area contributed by atoms with Gasteiger partial charge in [-0.05, 0) is 42.9 Å². The fourth-order valence-corrected chi connectivity index (χ4v) is 4.44. The fourth-order valence-electron chi connectivity index (χ4n) is 4.44. The van der Waals surface area contributed by atoms with Crippen LogP contribution >= 0.6 is 0 Å². The second-order valence-electron chi connectivity index (χ2n) is 5.73. The Hall–Kier alpha value is -0.0800. The number of hydrogen-bond donors (Lipinski definition) is 1. The van der Waals surface area contributed by atoms with Crippen molar-refractivity contribution in [1.29, 1.82) is 0 Å². The van der Waals surface area contributed by atoms with Crippen molar-refractivity contribution in [3.8, 4) is 0 Å². The number of ether oxygens (including phenoxy) is 1. The van der Waals surface area contributed by atoms with Gasteiger partial charge in [0.15, 0.2) is 6.29 Å². The first-order valence-corrected chi connectivity index (χ1v) is 5.95. The van der Waals surface area contributed by atoms with Crippen molar-refractivity contribution in [2.45, 2.75) is 39.4 Å². The minimum absolute atomic E-state index is 0.149. The van der Waals surface area contributed by atoms with Gasteiger partial charge in [0.25, 0.3) is 0 Å². The van der Waals surface area contributed by atoms with Crippen molar-refractivity contribution in [3.63, 3.8) is 0 Å². The largest absolute Gasteiger partial charge is 0.367 e. The molecule has 3 rings (SSSR count). The number of fused-ring (bicyclic) bond motifs is 3. The second kappa shape index (κ2) is 2.73. The van der Waals surface area contributed by atoms with Gasteiger partial charge in [-0.2, -0.15) is 0 Å². The zero-order valence-electron chi connectivity index (χ0n) is 9.07. The quantitative estimate of drug-likeness (QED) is 0.642. The van der Waals surface area contributed by atoms with E-state index in [-0.39, 0.29) is 5.41 Å². The van der Waals surface area contributed by atoms with Gasteiger partial charge >= 0.3 is 0 Å². The summed E-state index contributed by atoms with van der Waals surface area (Å²) in [6.45, 7) is 5.51. The van der Waals surface area contributed by atoms with Crippen LogP contribution in [0.3, 0.4) is 0 Å². The zero-order valence-corrected chi connectivity index (χ0v) is 9.07. The molecular formula is C12H20O2. The molecule has 3 fully saturated rings. The molecule has 3 aliphatic rings. The van der Waals surface area contributed by atoms with Crippen LogP contribution in [-0.2, 0) is 4.74 Å². The van der Waals surface area contributed by atoms with E-state index in [2.05, 4.69) is 13.8 Å². The summed E-state index contributed by atoms with van der Waals surface area (Å²) in [6, 6.07) is 0. The van der Waals surface area contributed by atoms with Crippen LogP contribution in [-0.4, -0.2) is 18.0 Å². The lowest BCUT2D eigenvalue weighted by Crippen LogP contribution is -2.41. The van der Waals surface area contributed by atoms with Crippen LogP contribution in [0.15, 0.2) is 0 Å². The Morgan fingerprint density at radius 3 is 2.57 bits per heavy atom.